The standard InChI is InChI=1S/C17H22N4O2/c1-3-19-7-9-20(10-8-19)15-12-16(22)21(17(23)18-15)14-6-4-5-13(2)11-14/h4-6,11-12H,3,7-10H2,1-2H3,(H,18,23). The van der Waals surface area contributed by atoms with Gasteiger partial charge in [-0.25, -0.2) is 9.36 Å². The molecule has 1 aliphatic heterocycles. The first kappa shape index (κ1) is 15.6. The van der Waals surface area contributed by atoms with E-state index in [1.807, 2.05) is 25.1 Å². The van der Waals surface area contributed by atoms with Gasteiger partial charge in [0.2, 0.25) is 0 Å². The summed E-state index contributed by atoms with van der Waals surface area (Å²) in [6.45, 7) is 8.62. The summed E-state index contributed by atoms with van der Waals surface area (Å²) in [4.78, 5) is 32.1. The molecule has 1 fully saturated rings. The largest absolute Gasteiger partial charge is 0.355 e. The number of likely N-dealkylation sites (N-methyl/N-ethyl adjacent to an activating group) is 1. The van der Waals surface area contributed by atoms with Crippen molar-refractivity contribution in [1.29, 1.82) is 0 Å². The number of anilines is 1. The molecule has 1 N–H and O–H groups in total. The smallest absolute Gasteiger partial charge is 0.334 e. The van der Waals surface area contributed by atoms with E-state index in [4.69, 9.17) is 0 Å². The lowest BCUT2D eigenvalue weighted by Gasteiger charge is -2.34. The zero-order valence-corrected chi connectivity index (χ0v) is 13.6. The summed E-state index contributed by atoms with van der Waals surface area (Å²) in [5.74, 6) is 0.611. The third-order valence-corrected chi connectivity index (χ3v) is 4.34. The number of hydrogen-bond acceptors (Lipinski definition) is 4. The number of nitrogens with zero attached hydrogens (tertiary/aromatic N) is 3. The molecule has 0 spiro atoms. The highest BCUT2D eigenvalue weighted by atomic mass is 16.2. The summed E-state index contributed by atoms with van der Waals surface area (Å²) < 4.78 is 1.18. The molecule has 2 heterocycles. The number of aromatic nitrogens is 2. The Hall–Kier alpha value is -2.34. The van der Waals surface area contributed by atoms with Gasteiger partial charge in [-0.1, -0.05) is 19.1 Å². The van der Waals surface area contributed by atoms with Crippen LogP contribution in [0.2, 0.25) is 0 Å². The Morgan fingerprint density at radius 1 is 1.09 bits per heavy atom. The molecule has 0 saturated carbocycles. The maximum Gasteiger partial charge on any atom is 0.334 e. The van der Waals surface area contributed by atoms with Crippen LogP contribution in [0.1, 0.15) is 12.5 Å². The van der Waals surface area contributed by atoms with Gasteiger partial charge in [0.1, 0.15) is 5.82 Å². The quantitative estimate of drug-likeness (QED) is 0.917. The average Bonchev–Trinajstić information content (AvgIpc) is 2.54. The Kier molecular flexibility index (Phi) is 4.34. The highest BCUT2D eigenvalue weighted by Crippen LogP contribution is 2.11. The van der Waals surface area contributed by atoms with Gasteiger partial charge in [0.25, 0.3) is 5.56 Å². The predicted molar refractivity (Wildman–Crippen MR) is 91.7 cm³/mol. The summed E-state index contributed by atoms with van der Waals surface area (Å²) in [6, 6.07) is 8.89. The van der Waals surface area contributed by atoms with Crippen LogP contribution in [0.25, 0.3) is 5.69 Å². The fraction of sp³-hybridized carbons (Fsp3) is 0.412. The third kappa shape index (κ3) is 3.22. The van der Waals surface area contributed by atoms with Crippen molar-refractivity contribution >= 4 is 5.82 Å². The Labute approximate surface area is 135 Å². The van der Waals surface area contributed by atoms with Crippen LogP contribution < -0.4 is 16.1 Å². The van der Waals surface area contributed by atoms with Crippen LogP contribution in [0.3, 0.4) is 0 Å². The van der Waals surface area contributed by atoms with Gasteiger partial charge < -0.3 is 9.80 Å². The van der Waals surface area contributed by atoms with Crippen molar-refractivity contribution in [3.8, 4) is 5.69 Å². The average molecular weight is 314 g/mol. The van der Waals surface area contributed by atoms with Crippen molar-refractivity contribution in [2.75, 3.05) is 37.6 Å². The Balaban J connectivity index is 1.93. The molecule has 0 atom stereocenters. The van der Waals surface area contributed by atoms with E-state index in [0.29, 0.717) is 11.5 Å². The third-order valence-electron chi connectivity index (χ3n) is 4.34. The summed E-state index contributed by atoms with van der Waals surface area (Å²) >= 11 is 0. The van der Waals surface area contributed by atoms with E-state index in [1.54, 1.807) is 6.07 Å². The SMILES string of the molecule is CCN1CCN(c2cc(=O)n(-c3cccc(C)c3)c(=O)[nH]2)CC1. The van der Waals surface area contributed by atoms with Gasteiger partial charge in [0.15, 0.2) is 0 Å². The van der Waals surface area contributed by atoms with Crippen molar-refractivity contribution in [3.63, 3.8) is 0 Å². The molecule has 6 heteroatoms. The second-order valence-electron chi connectivity index (χ2n) is 5.89. The molecule has 1 aromatic heterocycles. The number of benzene rings is 1. The lowest BCUT2D eigenvalue weighted by atomic mass is 10.2. The number of H-pyrrole nitrogens is 1. The molecular formula is C17H22N4O2. The molecule has 0 unspecified atom stereocenters. The summed E-state index contributed by atoms with van der Waals surface area (Å²) in [5.41, 5.74) is 0.912. The molecule has 1 aromatic carbocycles. The monoisotopic (exact) mass is 314 g/mol. The number of hydrogen-bond donors (Lipinski definition) is 1. The van der Waals surface area contributed by atoms with E-state index in [2.05, 4.69) is 21.7 Å². The molecule has 0 radical (unpaired) electrons. The van der Waals surface area contributed by atoms with Gasteiger partial charge in [-0.3, -0.25) is 9.78 Å². The minimum Gasteiger partial charge on any atom is -0.355 e. The fourth-order valence-electron chi connectivity index (χ4n) is 2.97. The lowest BCUT2D eigenvalue weighted by molar-refractivity contribution is 0.270. The second kappa shape index (κ2) is 6.42. The molecule has 3 rings (SSSR count). The van der Waals surface area contributed by atoms with Crippen LogP contribution in [0, 0.1) is 6.92 Å². The number of aromatic amines is 1. The van der Waals surface area contributed by atoms with Gasteiger partial charge in [0.05, 0.1) is 5.69 Å². The molecular weight excluding hydrogens is 292 g/mol. The molecule has 0 aliphatic carbocycles. The highest BCUT2D eigenvalue weighted by Gasteiger charge is 2.18. The van der Waals surface area contributed by atoms with Gasteiger partial charge in [0, 0.05) is 32.2 Å². The van der Waals surface area contributed by atoms with Crippen molar-refractivity contribution in [2.24, 2.45) is 0 Å². The van der Waals surface area contributed by atoms with Gasteiger partial charge in [-0.05, 0) is 31.2 Å². The zero-order valence-electron chi connectivity index (χ0n) is 13.6. The first-order chi connectivity index (χ1) is 11.1. The van der Waals surface area contributed by atoms with E-state index in [9.17, 15) is 9.59 Å². The maximum absolute atomic E-state index is 12.4. The molecule has 122 valence electrons. The van der Waals surface area contributed by atoms with Crippen LogP contribution in [-0.4, -0.2) is 47.2 Å². The summed E-state index contributed by atoms with van der Waals surface area (Å²) in [7, 11) is 0. The first-order valence-corrected chi connectivity index (χ1v) is 7.99. The molecule has 1 aliphatic rings. The Bertz CT molecular complexity index is 769. The number of nitrogens with one attached hydrogen (secondary N) is 1. The van der Waals surface area contributed by atoms with Crippen molar-refractivity contribution < 1.29 is 0 Å². The molecule has 0 amide bonds. The highest BCUT2D eigenvalue weighted by molar-refractivity contribution is 5.41. The fourth-order valence-corrected chi connectivity index (χ4v) is 2.97. The van der Waals surface area contributed by atoms with Crippen LogP contribution in [-0.2, 0) is 0 Å². The van der Waals surface area contributed by atoms with E-state index < -0.39 is 5.69 Å². The van der Waals surface area contributed by atoms with Gasteiger partial charge in [-0.2, -0.15) is 0 Å². The number of piperazine rings is 1. The minimum absolute atomic E-state index is 0.299. The molecule has 0 bridgehead atoms. The number of aryl methyl sites for hydroxylation is 1. The van der Waals surface area contributed by atoms with E-state index >= 15 is 0 Å². The van der Waals surface area contributed by atoms with Crippen LogP contribution >= 0.6 is 0 Å². The van der Waals surface area contributed by atoms with E-state index in [-0.39, 0.29) is 5.56 Å². The normalized spacial score (nSPS) is 15.8. The van der Waals surface area contributed by atoms with Crippen molar-refractivity contribution in [3.05, 3.63) is 56.7 Å². The number of rotatable bonds is 3. The molecule has 23 heavy (non-hydrogen) atoms. The van der Waals surface area contributed by atoms with E-state index in [0.717, 1.165) is 38.3 Å². The predicted octanol–water partition coefficient (Wildman–Crippen LogP) is 0.976. The second-order valence-corrected chi connectivity index (χ2v) is 5.89. The topological polar surface area (TPSA) is 61.3 Å². The Morgan fingerprint density at radius 3 is 2.43 bits per heavy atom. The minimum atomic E-state index is -0.393. The zero-order chi connectivity index (χ0) is 16.4. The van der Waals surface area contributed by atoms with E-state index in [1.165, 1.54) is 10.6 Å². The lowest BCUT2D eigenvalue weighted by Crippen LogP contribution is -2.47. The van der Waals surface area contributed by atoms with Crippen LogP contribution in [0.15, 0.2) is 39.9 Å². The molecule has 1 saturated heterocycles. The summed E-state index contributed by atoms with van der Waals surface area (Å²) in [5, 5.41) is 0. The molecule has 6 nitrogen and oxygen atoms in total. The molecule has 2 aromatic rings. The van der Waals surface area contributed by atoms with Crippen molar-refractivity contribution in [2.45, 2.75) is 13.8 Å². The summed E-state index contributed by atoms with van der Waals surface area (Å²) in [6.07, 6.45) is 0. The maximum atomic E-state index is 12.4. The first-order valence-electron chi connectivity index (χ1n) is 7.99. The van der Waals surface area contributed by atoms with Crippen LogP contribution in [0.4, 0.5) is 5.82 Å². The van der Waals surface area contributed by atoms with Gasteiger partial charge >= 0.3 is 5.69 Å². The Morgan fingerprint density at radius 2 is 1.83 bits per heavy atom. The van der Waals surface area contributed by atoms with Crippen molar-refractivity contribution in [1.82, 2.24) is 14.5 Å². The van der Waals surface area contributed by atoms with Gasteiger partial charge in [-0.15, -0.1) is 0 Å². The van der Waals surface area contributed by atoms with Crippen LogP contribution in [0.5, 0.6) is 0 Å².